The summed E-state index contributed by atoms with van der Waals surface area (Å²) in [4.78, 5) is 13.2. The van der Waals surface area contributed by atoms with E-state index in [0.717, 1.165) is 19.4 Å². The monoisotopic (exact) mass is 250 g/mol. The fourth-order valence-corrected chi connectivity index (χ4v) is 2.26. The lowest BCUT2D eigenvalue weighted by Crippen LogP contribution is -2.39. The van der Waals surface area contributed by atoms with Crippen molar-refractivity contribution in [2.24, 2.45) is 0 Å². The van der Waals surface area contributed by atoms with Crippen LogP contribution in [0.15, 0.2) is 18.2 Å². The molecule has 1 aromatic carbocycles. The Morgan fingerprint density at radius 1 is 1.56 bits per heavy atom. The van der Waals surface area contributed by atoms with Crippen LogP contribution in [0.25, 0.3) is 0 Å². The summed E-state index contributed by atoms with van der Waals surface area (Å²) in [6.07, 6.45) is 2.02. The number of hydrogen-bond acceptors (Lipinski definition) is 4. The van der Waals surface area contributed by atoms with E-state index in [1.165, 1.54) is 6.07 Å². The van der Waals surface area contributed by atoms with Crippen LogP contribution in [-0.2, 0) is 4.74 Å². The topological polar surface area (TPSA) is 75.8 Å². The first-order valence-corrected chi connectivity index (χ1v) is 6.03. The summed E-state index contributed by atoms with van der Waals surface area (Å²) >= 11 is 0. The number of carbonyl (C=O) groups is 1. The lowest BCUT2D eigenvalue weighted by atomic mass is 10.1. The van der Waals surface area contributed by atoms with Crippen molar-refractivity contribution in [1.29, 1.82) is 0 Å². The number of carboxylic acids is 1. The molecule has 1 saturated heterocycles. The molecule has 1 fully saturated rings. The second-order valence-electron chi connectivity index (χ2n) is 4.56. The number of aromatic carboxylic acids is 1. The first-order chi connectivity index (χ1) is 8.59. The van der Waals surface area contributed by atoms with Crippen molar-refractivity contribution in [3.63, 3.8) is 0 Å². The van der Waals surface area contributed by atoms with Gasteiger partial charge in [-0.15, -0.1) is 0 Å². The van der Waals surface area contributed by atoms with E-state index in [1.807, 2.05) is 11.9 Å². The standard InChI is InChI=1S/C13H18N2O3/c1-15(10-3-2-6-18-8-10)12-5-4-9(14)7-11(12)13(16)17/h4-5,7,10H,2-3,6,8,14H2,1H3,(H,16,17). The summed E-state index contributed by atoms with van der Waals surface area (Å²) in [5, 5.41) is 9.22. The van der Waals surface area contributed by atoms with Gasteiger partial charge in [0.15, 0.2) is 0 Å². The molecule has 1 unspecified atom stereocenters. The van der Waals surface area contributed by atoms with E-state index in [9.17, 15) is 9.90 Å². The minimum absolute atomic E-state index is 0.223. The summed E-state index contributed by atoms with van der Waals surface area (Å²) in [5.74, 6) is -0.958. The van der Waals surface area contributed by atoms with Crippen LogP contribution in [-0.4, -0.2) is 37.4 Å². The molecule has 0 radical (unpaired) electrons. The third-order valence-electron chi connectivity index (χ3n) is 3.31. The number of nitrogen functional groups attached to an aromatic ring is 1. The average Bonchev–Trinajstić information content (AvgIpc) is 2.39. The molecule has 0 aromatic heterocycles. The summed E-state index contributed by atoms with van der Waals surface area (Å²) in [6, 6.07) is 5.20. The molecule has 3 N–H and O–H groups in total. The Hall–Kier alpha value is -1.75. The molecule has 0 spiro atoms. The van der Waals surface area contributed by atoms with Gasteiger partial charge in [0.25, 0.3) is 0 Å². The Labute approximate surface area is 106 Å². The van der Waals surface area contributed by atoms with Crippen molar-refractivity contribution in [3.05, 3.63) is 23.8 Å². The number of anilines is 2. The maximum atomic E-state index is 11.2. The van der Waals surface area contributed by atoms with Gasteiger partial charge in [0, 0.05) is 19.3 Å². The highest BCUT2D eigenvalue weighted by Gasteiger charge is 2.22. The molecule has 1 atom stereocenters. The predicted molar refractivity (Wildman–Crippen MR) is 70.1 cm³/mol. The molecule has 5 nitrogen and oxygen atoms in total. The number of hydrogen-bond donors (Lipinski definition) is 2. The van der Waals surface area contributed by atoms with Crippen molar-refractivity contribution in [2.75, 3.05) is 30.9 Å². The second kappa shape index (κ2) is 5.27. The first-order valence-electron chi connectivity index (χ1n) is 6.03. The minimum Gasteiger partial charge on any atom is -0.478 e. The van der Waals surface area contributed by atoms with Crippen LogP contribution in [0.3, 0.4) is 0 Å². The number of nitrogens with two attached hydrogens (primary N) is 1. The molecule has 0 amide bonds. The summed E-state index contributed by atoms with van der Waals surface area (Å²) in [5.41, 5.74) is 7.03. The Morgan fingerprint density at radius 2 is 2.33 bits per heavy atom. The third-order valence-corrected chi connectivity index (χ3v) is 3.31. The van der Waals surface area contributed by atoms with Gasteiger partial charge in [0.2, 0.25) is 0 Å². The average molecular weight is 250 g/mol. The Morgan fingerprint density at radius 3 is 2.94 bits per heavy atom. The fraction of sp³-hybridized carbons (Fsp3) is 0.462. The SMILES string of the molecule is CN(c1ccc(N)cc1C(=O)O)C1CCCOC1. The molecule has 1 aromatic rings. The first kappa shape index (κ1) is 12.7. The van der Waals surface area contributed by atoms with Crippen molar-refractivity contribution in [2.45, 2.75) is 18.9 Å². The van der Waals surface area contributed by atoms with Crippen LogP contribution in [0.4, 0.5) is 11.4 Å². The van der Waals surface area contributed by atoms with Crippen LogP contribution >= 0.6 is 0 Å². The lowest BCUT2D eigenvalue weighted by molar-refractivity contribution is 0.0694. The maximum absolute atomic E-state index is 11.2. The van der Waals surface area contributed by atoms with E-state index in [2.05, 4.69) is 0 Å². The molecule has 0 aliphatic carbocycles. The molecular weight excluding hydrogens is 232 g/mol. The van der Waals surface area contributed by atoms with Gasteiger partial charge in [-0.2, -0.15) is 0 Å². The molecule has 5 heteroatoms. The number of benzene rings is 1. The largest absolute Gasteiger partial charge is 0.478 e. The van der Waals surface area contributed by atoms with Gasteiger partial charge in [-0.1, -0.05) is 0 Å². The third kappa shape index (κ3) is 2.56. The van der Waals surface area contributed by atoms with E-state index >= 15 is 0 Å². The van der Waals surface area contributed by atoms with Gasteiger partial charge in [-0.25, -0.2) is 4.79 Å². The van der Waals surface area contributed by atoms with Crippen molar-refractivity contribution >= 4 is 17.3 Å². The fourth-order valence-electron chi connectivity index (χ4n) is 2.26. The van der Waals surface area contributed by atoms with Crippen molar-refractivity contribution < 1.29 is 14.6 Å². The zero-order chi connectivity index (χ0) is 13.1. The van der Waals surface area contributed by atoms with E-state index in [-0.39, 0.29) is 11.6 Å². The zero-order valence-corrected chi connectivity index (χ0v) is 10.4. The van der Waals surface area contributed by atoms with E-state index in [1.54, 1.807) is 12.1 Å². The molecule has 0 bridgehead atoms. The van der Waals surface area contributed by atoms with Crippen LogP contribution in [0.5, 0.6) is 0 Å². The Balaban J connectivity index is 2.28. The molecule has 0 saturated carbocycles. The van der Waals surface area contributed by atoms with E-state index in [4.69, 9.17) is 10.5 Å². The number of likely N-dealkylation sites (N-methyl/N-ethyl adjacent to an activating group) is 1. The van der Waals surface area contributed by atoms with Gasteiger partial charge < -0.3 is 20.5 Å². The lowest BCUT2D eigenvalue weighted by Gasteiger charge is -2.33. The minimum atomic E-state index is -0.958. The highest BCUT2D eigenvalue weighted by atomic mass is 16.5. The second-order valence-corrected chi connectivity index (χ2v) is 4.56. The smallest absolute Gasteiger partial charge is 0.337 e. The molecule has 1 heterocycles. The summed E-state index contributed by atoms with van der Waals surface area (Å²) < 4.78 is 5.44. The zero-order valence-electron chi connectivity index (χ0n) is 10.4. The highest BCUT2D eigenvalue weighted by Crippen LogP contribution is 2.26. The van der Waals surface area contributed by atoms with Crippen LogP contribution in [0.2, 0.25) is 0 Å². The van der Waals surface area contributed by atoms with E-state index in [0.29, 0.717) is 18.0 Å². The normalized spacial score (nSPS) is 19.5. The van der Waals surface area contributed by atoms with Gasteiger partial charge in [0.1, 0.15) is 0 Å². The van der Waals surface area contributed by atoms with Crippen LogP contribution in [0.1, 0.15) is 23.2 Å². The summed E-state index contributed by atoms with van der Waals surface area (Å²) in [6.45, 7) is 1.43. The van der Waals surface area contributed by atoms with Gasteiger partial charge >= 0.3 is 5.97 Å². The Bertz CT molecular complexity index is 442. The van der Waals surface area contributed by atoms with Crippen LogP contribution in [0, 0.1) is 0 Å². The maximum Gasteiger partial charge on any atom is 0.337 e. The number of ether oxygens (including phenoxy) is 1. The van der Waals surface area contributed by atoms with Crippen molar-refractivity contribution in [3.8, 4) is 0 Å². The predicted octanol–water partition coefficient (Wildman–Crippen LogP) is 1.58. The number of carboxylic acid groups (broad SMARTS) is 1. The van der Waals surface area contributed by atoms with Crippen molar-refractivity contribution in [1.82, 2.24) is 0 Å². The number of nitrogens with zero attached hydrogens (tertiary/aromatic N) is 1. The van der Waals surface area contributed by atoms with Crippen LogP contribution < -0.4 is 10.6 Å². The molecule has 1 aliphatic heterocycles. The molecule has 18 heavy (non-hydrogen) atoms. The molecular formula is C13H18N2O3. The van der Waals surface area contributed by atoms with Gasteiger partial charge in [-0.3, -0.25) is 0 Å². The van der Waals surface area contributed by atoms with Gasteiger partial charge in [0.05, 0.1) is 23.9 Å². The highest BCUT2D eigenvalue weighted by molar-refractivity contribution is 5.95. The van der Waals surface area contributed by atoms with E-state index < -0.39 is 5.97 Å². The molecule has 1 aliphatic rings. The number of rotatable bonds is 3. The molecule has 98 valence electrons. The Kier molecular flexibility index (Phi) is 3.72. The molecule has 2 rings (SSSR count). The quantitative estimate of drug-likeness (QED) is 0.797. The summed E-state index contributed by atoms with van der Waals surface area (Å²) in [7, 11) is 1.90. The van der Waals surface area contributed by atoms with Gasteiger partial charge in [-0.05, 0) is 31.0 Å².